The first-order valence-corrected chi connectivity index (χ1v) is 6.04. The first kappa shape index (κ1) is 14.1. The summed E-state index contributed by atoms with van der Waals surface area (Å²) in [5, 5.41) is 5.43. The molecule has 7 heteroatoms. The van der Waals surface area contributed by atoms with Gasteiger partial charge >= 0.3 is 6.18 Å². The van der Waals surface area contributed by atoms with E-state index < -0.39 is 18.6 Å². The number of fused-ring (bicyclic) bond motifs is 1. The molecular formula is C12H12ClF3N2O. The lowest BCUT2D eigenvalue weighted by molar-refractivity contribution is -0.140. The molecular weight excluding hydrogens is 281 g/mol. The number of carbonyl (C=O) groups is 1. The Kier molecular flexibility index (Phi) is 3.73. The fraction of sp³-hybridized carbons (Fsp3) is 0.417. The van der Waals surface area contributed by atoms with Crippen molar-refractivity contribution in [3.8, 4) is 0 Å². The lowest BCUT2D eigenvalue weighted by Crippen LogP contribution is -2.24. The van der Waals surface area contributed by atoms with E-state index in [1.165, 1.54) is 13.1 Å². The van der Waals surface area contributed by atoms with Gasteiger partial charge in [-0.1, -0.05) is 17.7 Å². The van der Waals surface area contributed by atoms with Gasteiger partial charge in [-0.25, -0.2) is 0 Å². The molecule has 0 spiro atoms. The van der Waals surface area contributed by atoms with Crippen molar-refractivity contribution in [2.24, 2.45) is 0 Å². The van der Waals surface area contributed by atoms with E-state index in [2.05, 4.69) is 10.6 Å². The number of hydrogen-bond acceptors (Lipinski definition) is 2. The molecule has 1 heterocycles. The van der Waals surface area contributed by atoms with Crippen molar-refractivity contribution < 1.29 is 18.0 Å². The highest BCUT2D eigenvalue weighted by Gasteiger charge is 2.33. The summed E-state index contributed by atoms with van der Waals surface area (Å²) in [4.78, 5) is 11.2. The molecule has 0 saturated heterocycles. The third-order valence-corrected chi connectivity index (χ3v) is 3.33. The van der Waals surface area contributed by atoms with Crippen LogP contribution < -0.4 is 10.6 Å². The SMILES string of the molecule is CNC(CC(F)(F)F)c1cc2c(cc1Cl)NC(=O)C2. The second kappa shape index (κ2) is 5.02. The van der Waals surface area contributed by atoms with Crippen molar-refractivity contribution in [1.29, 1.82) is 0 Å². The average molecular weight is 293 g/mol. The summed E-state index contributed by atoms with van der Waals surface area (Å²) >= 11 is 6.00. The normalized spacial score (nSPS) is 16.2. The van der Waals surface area contributed by atoms with Crippen molar-refractivity contribution in [2.45, 2.75) is 25.1 Å². The Morgan fingerprint density at radius 2 is 2.16 bits per heavy atom. The summed E-state index contributed by atoms with van der Waals surface area (Å²) in [6.45, 7) is 0. The van der Waals surface area contributed by atoms with Crippen LogP contribution in [-0.4, -0.2) is 19.1 Å². The molecule has 0 saturated carbocycles. The Balaban J connectivity index is 2.34. The molecule has 1 amide bonds. The number of carbonyl (C=O) groups excluding carboxylic acids is 1. The summed E-state index contributed by atoms with van der Waals surface area (Å²) in [7, 11) is 1.45. The van der Waals surface area contributed by atoms with Crippen LogP contribution in [0.5, 0.6) is 0 Å². The van der Waals surface area contributed by atoms with E-state index in [1.54, 1.807) is 6.07 Å². The molecule has 1 atom stereocenters. The van der Waals surface area contributed by atoms with Crippen LogP contribution in [0.2, 0.25) is 5.02 Å². The second-order valence-corrected chi connectivity index (χ2v) is 4.82. The van der Waals surface area contributed by atoms with E-state index in [9.17, 15) is 18.0 Å². The molecule has 3 nitrogen and oxygen atoms in total. The minimum absolute atomic E-state index is 0.169. The van der Waals surface area contributed by atoms with Gasteiger partial charge in [0.25, 0.3) is 0 Å². The second-order valence-electron chi connectivity index (χ2n) is 4.42. The van der Waals surface area contributed by atoms with Gasteiger partial charge in [-0.3, -0.25) is 4.79 Å². The quantitative estimate of drug-likeness (QED) is 0.899. The Morgan fingerprint density at radius 3 is 2.74 bits per heavy atom. The van der Waals surface area contributed by atoms with Gasteiger partial charge in [0.15, 0.2) is 0 Å². The van der Waals surface area contributed by atoms with Crippen molar-refractivity contribution in [3.63, 3.8) is 0 Å². The fourth-order valence-corrected chi connectivity index (χ4v) is 2.43. The zero-order valence-corrected chi connectivity index (χ0v) is 10.8. The number of anilines is 1. The summed E-state index contributed by atoms with van der Waals surface area (Å²) in [5.41, 5.74) is 1.60. The fourth-order valence-electron chi connectivity index (χ4n) is 2.13. The highest BCUT2D eigenvalue weighted by molar-refractivity contribution is 6.32. The van der Waals surface area contributed by atoms with E-state index >= 15 is 0 Å². The first-order valence-electron chi connectivity index (χ1n) is 5.66. The van der Waals surface area contributed by atoms with Crippen molar-refractivity contribution in [1.82, 2.24) is 5.32 Å². The van der Waals surface area contributed by atoms with E-state index in [4.69, 9.17) is 11.6 Å². The highest BCUT2D eigenvalue weighted by atomic mass is 35.5. The molecule has 2 N–H and O–H groups in total. The van der Waals surface area contributed by atoms with Gasteiger partial charge in [-0.2, -0.15) is 13.2 Å². The van der Waals surface area contributed by atoms with E-state index in [0.29, 0.717) is 16.8 Å². The topological polar surface area (TPSA) is 41.1 Å². The molecule has 104 valence electrons. The molecule has 0 aliphatic carbocycles. The number of rotatable bonds is 3. The molecule has 1 aromatic carbocycles. The summed E-state index contributed by atoms with van der Waals surface area (Å²) in [6, 6.07) is 2.13. The van der Waals surface area contributed by atoms with E-state index in [1.807, 2.05) is 0 Å². The van der Waals surface area contributed by atoms with Gasteiger partial charge < -0.3 is 10.6 Å². The zero-order valence-electron chi connectivity index (χ0n) is 10.1. The maximum absolute atomic E-state index is 12.5. The summed E-state index contributed by atoms with van der Waals surface area (Å²) in [5.74, 6) is -0.181. The molecule has 19 heavy (non-hydrogen) atoms. The van der Waals surface area contributed by atoms with Gasteiger partial charge in [-0.15, -0.1) is 0 Å². The zero-order chi connectivity index (χ0) is 14.2. The Labute approximate surface area is 113 Å². The maximum atomic E-state index is 12.5. The minimum atomic E-state index is -4.29. The van der Waals surface area contributed by atoms with Crippen LogP contribution in [0.1, 0.15) is 23.6 Å². The van der Waals surface area contributed by atoms with Crippen LogP contribution in [0.4, 0.5) is 18.9 Å². The maximum Gasteiger partial charge on any atom is 0.390 e. The van der Waals surface area contributed by atoms with Crippen molar-refractivity contribution in [2.75, 3.05) is 12.4 Å². The minimum Gasteiger partial charge on any atom is -0.325 e. The lowest BCUT2D eigenvalue weighted by atomic mass is 9.99. The molecule has 2 rings (SSSR count). The number of hydrogen-bond donors (Lipinski definition) is 2. The number of benzene rings is 1. The number of alkyl halides is 3. The predicted molar refractivity (Wildman–Crippen MR) is 66.3 cm³/mol. The smallest absolute Gasteiger partial charge is 0.325 e. The standard InChI is InChI=1S/C12H12ClF3N2O/c1-17-10(5-12(14,15)16)7-2-6-3-11(19)18-9(6)4-8(7)13/h2,4,10,17H,3,5H2,1H3,(H,18,19). The molecule has 0 aromatic heterocycles. The largest absolute Gasteiger partial charge is 0.390 e. The molecule has 0 fully saturated rings. The molecule has 1 aliphatic heterocycles. The summed E-state index contributed by atoms with van der Waals surface area (Å²) in [6.07, 6.45) is -5.13. The highest BCUT2D eigenvalue weighted by Crippen LogP contribution is 2.36. The molecule has 0 radical (unpaired) electrons. The van der Waals surface area contributed by atoms with Gasteiger partial charge in [0.2, 0.25) is 5.91 Å². The van der Waals surface area contributed by atoms with Gasteiger partial charge in [0, 0.05) is 16.8 Å². The molecule has 0 bridgehead atoms. The van der Waals surface area contributed by atoms with Crippen LogP contribution in [0.3, 0.4) is 0 Å². The monoisotopic (exact) mass is 292 g/mol. The van der Waals surface area contributed by atoms with Crippen LogP contribution in [0.15, 0.2) is 12.1 Å². The van der Waals surface area contributed by atoms with Crippen LogP contribution in [-0.2, 0) is 11.2 Å². The average Bonchev–Trinajstić information content (AvgIpc) is 2.63. The van der Waals surface area contributed by atoms with Crippen molar-refractivity contribution >= 4 is 23.2 Å². The number of nitrogens with one attached hydrogen (secondary N) is 2. The van der Waals surface area contributed by atoms with E-state index in [-0.39, 0.29) is 17.4 Å². The molecule has 1 unspecified atom stereocenters. The van der Waals surface area contributed by atoms with Gasteiger partial charge in [-0.05, 0) is 24.2 Å². The number of amides is 1. The third-order valence-electron chi connectivity index (χ3n) is 3.01. The summed E-state index contributed by atoms with van der Waals surface area (Å²) < 4.78 is 37.5. The van der Waals surface area contributed by atoms with Gasteiger partial charge in [0.1, 0.15) is 0 Å². The molecule has 1 aromatic rings. The van der Waals surface area contributed by atoms with Crippen LogP contribution >= 0.6 is 11.6 Å². The van der Waals surface area contributed by atoms with E-state index in [0.717, 1.165) is 0 Å². The van der Waals surface area contributed by atoms with Crippen LogP contribution in [0, 0.1) is 0 Å². The number of halogens is 4. The van der Waals surface area contributed by atoms with Crippen molar-refractivity contribution in [3.05, 3.63) is 28.3 Å². The van der Waals surface area contributed by atoms with Crippen LogP contribution in [0.25, 0.3) is 0 Å². The lowest BCUT2D eigenvalue weighted by Gasteiger charge is -2.20. The Morgan fingerprint density at radius 1 is 1.47 bits per heavy atom. The third kappa shape index (κ3) is 3.19. The Bertz CT molecular complexity index is 516. The first-order chi connectivity index (χ1) is 8.80. The Hall–Kier alpha value is -1.27. The van der Waals surface area contributed by atoms with Gasteiger partial charge in [0.05, 0.1) is 12.8 Å². The molecule has 1 aliphatic rings. The predicted octanol–water partition coefficient (Wildman–Crippen LogP) is 3.05.